The van der Waals surface area contributed by atoms with E-state index in [1.807, 2.05) is 0 Å². The number of benzene rings is 1. The van der Waals surface area contributed by atoms with Crippen molar-refractivity contribution < 1.29 is 28.1 Å². The summed E-state index contributed by atoms with van der Waals surface area (Å²) in [7, 11) is -5.30. The van der Waals surface area contributed by atoms with Gasteiger partial charge in [-0.1, -0.05) is 113 Å². The average Bonchev–Trinajstić information content (AvgIpc) is 3.06. The number of ether oxygens (including phenoxy) is 1. The first-order valence-corrected chi connectivity index (χ1v) is 19.0. The van der Waals surface area contributed by atoms with Crippen molar-refractivity contribution in [1.82, 2.24) is 0 Å². The molecule has 0 bridgehead atoms. The molecule has 38 heavy (non-hydrogen) atoms. The van der Waals surface area contributed by atoms with Crippen LogP contribution in [0, 0.1) is 6.92 Å². The first kappa shape index (κ1) is 32.3. The third-order valence-electron chi connectivity index (χ3n) is 8.25. The zero-order valence-corrected chi connectivity index (χ0v) is 28.7. The molecule has 0 spiro atoms. The van der Waals surface area contributed by atoms with Crippen molar-refractivity contribution in [1.29, 1.82) is 0 Å². The Hall–Kier alpha value is -0.236. The minimum atomic E-state index is -3.04. The van der Waals surface area contributed by atoms with E-state index in [-0.39, 0.29) is 34.3 Å². The molecule has 2 heterocycles. The van der Waals surface area contributed by atoms with Crippen LogP contribution in [0.2, 0.25) is 26.7 Å². The van der Waals surface area contributed by atoms with E-state index in [1.54, 1.807) is 11.8 Å². The molecule has 1 aromatic carbocycles. The molecule has 0 unspecified atom stereocenters. The molecule has 0 N–H and O–H groups in total. The lowest BCUT2D eigenvalue weighted by Gasteiger charge is -2.48. The van der Waals surface area contributed by atoms with Gasteiger partial charge in [0.25, 0.3) is 0 Å². The van der Waals surface area contributed by atoms with E-state index in [2.05, 4.69) is 114 Å². The molecule has 218 valence electrons. The van der Waals surface area contributed by atoms with Crippen LogP contribution < -0.4 is 0 Å². The first-order chi connectivity index (χ1) is 17.5. The Balaban J connectivity index is 2.03. The highest BCUT2D eigenvalue weighted by molar-refractivity contribution is 7.99. The Morgan fingerprint density at radius 1 is 0.868 bits per heavy atom. The molecule has 2 fully saturated rings. The zero-order valence-electron chi connectivity index (χ0n) is 25.9. The third kappa shape index (κ3) is 6.16. The van der Waals surface area contributed by atoms with E-state index >= 15 is 0 Å². The van der Waals surface area contributed by atoms with Crippen LogP contribution in [0.15, 0.2) is 29.2 Å². The van der Waals surface area contributed by atoms with Gasteiger partial charge in [0.15, 0.2) is 0 Å². The van der Waals surface area contributed by atoms with Gasteiger partial charge in [0.05, 0.1) is 0 Å². The monoisotopic (exact) mass is 584 g/mol. The van der Waals surface area contributed by atoms with Crippen molar-refractivity contribution in [2.75, 3.05) is 6.61 Å². The largest absolute Gasteiger partial charge is 0.419 e. The SMILES string of the molecule is Cc1ccc(S[C@H]2O[C@@H]3COO[Si](C(C)(C)C)(C(C)(C)C)OO[C@H]3[C@@H]2O[Si](C(C)C)(C(C)C)C(C)C)cc1. The van der Waals surface area contributed by atoms with Crippen molar-refractivity contribution in [2.24, 2.45) is 0 Å². The van der Waals surface area contributed by atoms with Gasteiger partial charge in [0, 0.05) is 15.0 Å². The molecule has 4 atom stereocenters. The van der Waals surface area contributed by atoms with Gasteiger partial charge < -0.3 is 9.16 Å². The van der Waals surface area contributed by atoms with Crippen LogP contribution in [-0.2, 0) is 28.1 Å². The Kier molecular flexibility index (Phi) is 10.1. The summed E-state index contributed by atoms with van der Waals surface area (Å²) in [5, 5.41) is -0.591. The fourth-order valence-electron chi connectivity index (χ4n) is 6.50. The molecule has 0 aromatic heterocycles. The summed E-state index contributed by atoms with van der Waals surface area (Å²) in [5.41, 5.74) is 2.26. The minimum Gasteiger partial charge on any atom is -0.407 e. The molecular formula is C29H52O6SSi2. The molecule has 2 aliphatic heterocycles. The molecule has 6 nitrogen and oxygen atoms in total. The molecule has 3 rings (SSSR count). The summed E-state index contributed by atoms with van der Waals surface area (Å²) in [6.07, 6.45) is -1.10. The Bertz CT molecular complexity index is 873. The molecule has 0 amide bonds. The molecule has 1 aromatic rings. The summed E-state index contributed by atoms with van der Waals surface area (Å²) in [6.45, 7) is 29.1. The fourth-order valence-corrected chi connectivity index (χ4v) is 17.0. The van der Waals surface area contributed by atoms with Crippen molar-refractivity contribution in [3.05, 3.63) is 29.8 Å². The predicted octanol–water partition coefficient (Wildman–Crippen LogP) is 8.69. The van der Waals surface area contributed by atoms with E-state index in [4.69, 9.17) is 28.1 Å². The Morgan fingerprint density at radius 3 is 1.87 bits per heavy atom. The molecular weight excluding hydrogens is 533 g/mol. The summed E-state index contributed by atoms with van der Waals surface area (Å²) in [5.74, 6) is 0. The van der Waals surface area contributed by atoms with Gasteiger partial charge in [-0.05, 0) is 35.7 Å². The van der Waals surface area contributed by atoms with E-state index in [0.29, 0.717) is 16.6 Å². The fraction of sp³-hybridized carbons (Fsp3) is 0.793. The Morgan fingerprint density at radius 2 is 1.39 bits per heavy atom. The molecule has 2 aliphatic rings. The molecule has 2 saturated heterocycles. The van der Waals surface area contributed by atoms with Gasteiger partial charge in [0.2, 0.25) is 8.32 Å². The predicted molar refractivity (Wildman–Crippen MR) is 160 cm³/mol. The molecule has 0 aliphatic carbocycles. The standard InChI is InChI=1S/C29H52O6SSi2/c1-19(2)37(20(3)4,21(5)6)33-26-25-24(31-27(26)36-23-16-14-22(7)15-17-23)18-30-34-38(35-32-25,28(8,9)10)29(11,12)13/h14-17,19-21,24-27H,18H2,1-13H3/t24-,25-,26+,27-/m1/s1. The van der Waals surface area contributed by atoms with Crippen molar-refractivity contribution in [2.45, 2.75) is 145 Å². The third-order valence-corrected chi connectivity index (χ3v) is 20.1. The molecule has 0 saturated carbocycles. The topological polar surface area (TPSA) is 55.4 Å². The van der Waals surface area contributed by atoms with Crippen molar-refractivity contribution in [3.8, 4) is 0 Å². The maximum Gasteiger partial charge on any atom is 0.419 e. The van der Waals surface area contributed by atoms with Gasteiger partial charge in [-0.2, -0.15) is 0 Å². The molecule has 9 heteroatoms. The lowest BCUT2D eigenvalue weighted by molar-refractivity contribution is -0.359. The lowest BCUT2D eigenvalue weighted by Crippen LogP contribution is -2.60. The van der Waals surface area contributed by atoms with Gasteiger partial charge in [-0.15, -0.1) is 0 Å². The zero-order chi connectivity index (χ0) is 28.7. The van der Waals surface area contributed by atoms with Gasteiger partial charge >= 0.3 is 8.56 Å². The van der Waals surface area contributed by atoms with E-state index in [9.17, 15) is 0 Å². The maximum atomic E-state index is 7.40. The van der Waals surface area contributed by atoms with Crippen LogP contribution in [-0.4, -0.2) is 47.2 Å². The van der Waals surface area contributed by atoms with E-state index < -0.39 is 23.0 Å². The van der Waals surface area contributed by atoms with Crippen molar-refractivity contribution in [3.63, 3.8) is 0 Å². The lowest BCUT2D eigenvalue weighted by atomic mass is 10.1. The summed E-state index contributed by atoms with van der Waals surface area (Å²) < 4.78 is 26.7. The smallest absolute Gasteiger partial charge is 0.407 e. The van der Waals surface area contributed by atoms with Gasteiger partial charge in [-0.25, -0.2) is 18.9 Å². The van der Waals surface area contributed by atoms with Crippen LogP contribution in [0.25, 0.3) is 0 Å². The number of hydrogen-bond acceptors (Lipinski definition) is 7. The highest BCUT2D eigenvalue weighted by atomic mass is 32.2. The van der Waals surface area contributed by atoms with Gasteiger partial charge in [0.1, 0.15) is 30.4 Å². The highest BCUT2D eigenvalue weighted by Crippen LogP contribution is 2.54. The van der Waals surface area contributed by atoms with Crippen molar-refractivity contribution >= 4 is 28.6 Å². The minimum absolute atomic E-state index is 0.263. The Labute approximate surface area is 238 Å². The second kappa shape index (κ2) is 11.9. The van der Waals surface area contributed by atoms with E-state index in [1.165, 1.54) is 5.56 Å². The second-order valence-corrected chi connectivity index (χ2v) is 25.1. The number of aryl methyl sites for hydroxylation is 1. The van der Waals surface area contributed by atoms with Crippen LogP contribution in [0.3, 0.4) is 0 Å². The second-order valence-electron chi connectivity index (χ2n) is 14.0. The number of rotatable bonds is 7. The number of thioether (sulfide) groups is 1. The average molecular weight is 585 g/mol. The van der Waals surface area contributed by atoms with Gasteiger partial charge in [-0.3, -0.25) is 0 Å². The maximum absolute atomic E-state index is 7.40. The quantitative estimate of drug-likeness (QED) is 0.235. The first-order valence-electron chi connectivity index (χ1n) is 14.2. The summed E-state index contributed by atoms with van der Waals surface area (Å²) in [6, 6.07) is 8.56. The number of fused-ring (bicyclic) bond motifs is 1. The van der Waals surface area contributed by atoms with Crippen LogP contribution in [0.4, 0.5) is 0 Å². The van der Waals surface area contributed by atoms with Crippen LogP contribution in [0.1, 0.15) is 88.6 Å². The van der Waals surface area contributed by atoms with Crippen LogP contribution >= 0.6 is 11.8 Å². The normalized spacial score (nSPS) is 27.1. The number of hydrogen-bond donors (Lipinski definition) is 0. The van der Waals surface area contributed by atoms with Crippen LogP contribution in [0.5, 0.6) is 0 Å². The van der Waals surface area contributed by atoms with E-state index in [0.717, 1.165) is 4.90 Å². The summed E-state index contributed by atoms with van der Waals surface area (Å²) >= 11 is 1.69. The highest BCUT2D eigenvalue weighted by Gasteiger charge is 2.64. The summed E-state index contributed by atoms with van der Waals surface area (Å²) in [4.78, 5) is 13.6. The molecule has 0 radical (unpaired) electrons.